The lowest BCUT2D eigenvalue weighted by atomic mass is 10.1. The minimum atomic E-state index is -0.0922. The van der Waals surface area contributed by atoms with Gasteiger partial charge in [-0.05, 0) is 24.1 Å². The van der Waals surface area contributed by atoms with Crippen molar-refractivity contribution in [3.63, 3.8) is 0 Å². The van der Waals surface area contributed by atoms with Crippen LogP contribution >= 0.6 is 11.3 Å². The number of rotatable bonds is 5. The number of ether oxygens (including phenoxy) is 1. The second-order valence-electron chi connectivity index (χ2n) is 6.03. The van der Waals surface area contributed by atoms with Crippen LogP contribution in [0.1, 0.15) is 26.5 Å². The summed E-state index contributed by atoms with van der Waals surface area (Å²) in [6.45, 7) is 2.90. The van der Waals surface area contributed by atoms with E-state index in [1.54, 1.807) is 19.1 Å². The van der Waals surface area contributed by atoms with Crippen LogP contribution in [0, 0.1) is 6.92 Å². The zero-order chi connectivity index (χ0) is 18.0. The summed E-state index contributed by atoms with van der Waals surface area (Å²) in [6, 6.07) is 11.8. The molecule has 3 rings (SSSR count). The number of aromatic nitrogens is 1. The van der Waals surface area contributed by atoms with E-state index in [0.717, 1.165) is 27.0 Å². The third-order valence-electron chi connectivity index (χ3n) is 4.01. The fraction of sp³-hybridized carbons (Fsp3) is 0.263. The first-order chi connectivity index (χ1) is 12.0. The molecule has 0 fully saturated rings. The number of nitrogens with two attached hydrogens (primary N) is 1. The van der Waals surface area contributed by atoms with E-state index >= 15 is 0 Å². The molecule has 0 spiro atoms. The molecular formula is C19H21N3O2S. The Labute approximate surface area is 151 Å². The van der Waals surface area contributed by atoms with E-state index in [2.05, 4.69) is 4.98 Å². The molecule has 2 N–H and O–H groups in total. The summed E-state index contributed by atoms with van der Waals surface area (Å²) in [5.74, 6) is -0.0922. The Balaban J connectivity index is 1.96. The molecule has 0 unspecified atom stereocenters. The van der Waals surface area contributed by atoms with Crippen molar-refractivity contribution in [2.24, 2.45) is 0 Å². The van der Waals surface area contributed by atoms with Crippen molar-refractivity contribution in [2.75, 3.05) is 19.9 Å². The fourth-order valence-corrected chi connectivity index (χ4v) is 4.05. The number of amides is 1. The summed E-state index contributed by atoms with van der Waals surface area (Å²) in [4.78, 5) is 20.4. The number of aryl methyl sites for hydroxylation is 1. The Hall–Kier alpha value is -2.44. The molecule has 5 nitrogen and oxygen atoms in total. The van der Waals surface area contributed by atoms with Gasteiger partial charge in [-0.25, -0.2) is 4.98 Å². The van der Waals surface area contributed by atoms with Crippen LogP contribution in [0.15, 0.2) is 36.4 Å². The number of pyridine rings is 1. The van der Waals surface area contributed by atoms with Gasteiger partial charge in [0.15, 0.2) is 0 Å². The molecule has 0 aliphatic heterocycles. The number of thiophene rings is 1. The maximum absolute atomic E-state index is 12.9. The summed E-state index contributed by atoms with van der Waals surface area (Å²) in [7, 11) is 3.43. The predicted molar refractivity (Wildman–Crippen MR) is 102 cm³/mol. The van der Waals surface area contributed by atoms with E-state index in [1.165, 1.54) is 11.3 Å². The molecule has 1 amide bonds. The third-order valence-corrected chi connectivity index (χ3v) is 5.10. The number of nitrogens with zero attached hydrogens (tertiary/aromatic N) is 2. The van der Waals surface area contributed by atoms with E-state index in [4.69, 9.17) is 10.5 Å². The molecule has 0 atom stereocenters. The van der Waals surface area contributed by atoms with E-state index in [1.807, 2.05) is 43.3 Å². The lowest BCUT2D eigenvalue weighted by molar-refractivity contribution is 0.0791. The van der Waals surface area contributed by atoms with Gasteiger partial charge in [-0.1, -0.05) is 30.3 Å². The zero-order valence-electron chi connectivity index (χ0n) is 14.6. The van der Waals surface area contributed by atoms with Gasteiger partial charge in [-0.15, -0.1) is 11.3 Å². The quantitative estimate of drug-likeness (QED) is 0.759. The van der Waals surface area contributed by atoms with Crippen molar-refractivity contribution < 1.29 is 9.53 Å². The van der Waals surface area contributed by atoms with E-state index in [-0.39, 0.29) is 5.91 Å². The van der Waals surface area contributed by atoms with Gasteiger partial charge in [0, 0.05) is 31.8 Å². The monoisotopic (exact) mass is 355 g/mol. The van der Waals surface area contributed by atoms with Crippen LogP contribution in [0.2, 0.25) is 0 Å². The average molecular weight is 355 g/mol. The largest absolute Gasteiger partial charge is 0.397 e. The highest BCUT2D eigenvalue weighted by Gasteiger charge is 2.22. The molecule has 0 saturated heterocycles. The summed E-state index contributed by atoms with van der Waals surface area (Å²) in [6.07, 6.45) is 0. The van der Waals surface area contributed by atoms with Crippen LogP contribution < -0.4 is 5.73 Å². The predicted octanol–water partition coefficient (Wildman–Crippen LogP) is 3.61. The van der Waals surface area contributed by atoms with Gasteiger partial charge in [-0.3, -0.25) is 4.79 Å². The van der Waals surface area contributed by atoms with Gasteiger partial charge in [0.05, 0.1) is 12.3 Å². The highest BCUT2D eigenvalue weighted by molar-refractivity contribution is 7.21. The summed E-state index contributed by atoms with van der Waals surface area (Å²) in [5, 5.41) is 0.828. The lowest BCUT2D eigenvalue weighted by Gasteiger charge is -2.16. The number of hydrogen-bond donors (Lipinski definition) is 1. The molecule has 1 aromatic carbocycles. The Morgan fingerprint density at radius 1 is 1.32 bits per heavy atom. The summed E-state index contributed by atoms with van der Waals surface area (Å²) < 4.78 is 5.27. The van der Waals surface area contributed by atoms with Crippen molar-refractivity contribution in [2.45, 2.75) is 20.1 Å². The number of hydrogen-bond acceptors (Lipinski definition) is 5. The molecule has 0 radical (unpaired) electrons. The number of carbonyl (C=O) groups excluding carboxylic acids is 1. The normalized spacial score (nSPS) is 11.0. The molecule has 25 heavy (non-hydrogen) atoms. The number of carbonyl (C=O) groups is 1. The van der Waals surface area contributed by atoms with Gasteiger partial charge >= 0.3 is 0 Å². The number of methoxy groups -OCH3 is 1. The first kappa shape index (κ1) is 17.4. The van der Waals surface area contributed by atoms with Crippen molar-refractivity contribution >= 4 is 33.1 Å². The maximum atomic E-state index is 12.9. The van der Waals surface area contributed by atoms with Crippen molar-refractivity contribution in [1.29, 1.82) is 0 Å². The van der Waals surface area contributed by atoms with Gasteiger partial charge in [0.25, 0.3) is 5.91 Å². The van der Waals surface area contributed by atoms with Crippen LogP contribution in [0.5, 0.6) is 0 Å². The Bertz CT molecular complexity index is 906. The Kier molecular flexibility index (Phi) is 5.01. The Morgan fingerprint density at radius 3 is 2.72 bits per heavy atom. The number of benzene rings is 1. The van der Waals surface area contributed by atoms with Gasteiger partial charge in [0.2, 0.25) is 0 Å². The van der Waals surface area contributed by atoms with E-state index in [9.17, 15) is 4.79 Å². The summed E-state index contributed by atoms with van der Waals surface area (Å²) in [5.41, 5.74) is 9.73. The standard InChI is InChI=1S/C19H21N3O2S/c1-12-9-14(11-24-3)15-16(20)17(25-18(15)21-12)19(23)22(2)10-13-7-5-4-6-8-13/h4-9H,10-11,20H2,1-3H3. The molecule has 0 saturated carbocycles. The fourth-order valence-electron chi connectivity index (χ4n) is 2.87. The van der Waals surface area contributed by atoms with Crippen LogP contribution in [0.25, 0.3) is 10.2 Å². The number of nitrogen functional groups attached to an aromatic ring is 1. The minimum Gasteiger partial charge on any atom is -0.397 e. The first-order valence-corrected chi connectivity index (χ1v) is 8.79. The second kappa shape index (κ2) is 7.21. The molecule has 130 valence electrons. The highest BCUT2D eigenvalue weighted by Crippen LogP contribution is 2.36. The molecular weight excluding hydrogens is 334 g/mol. The molecule has 2 aromatic heterocycles. The van der Waals surface area contributed by atoms with Crippen LogP contribution in [-0.2, 0) is 17.9 Å². The Morgan fingerprint density at radius 2 is 2.04 bits per heavy atom. The molecule has 0 aliphatic rings. The second-order valence-corrected chi connectivity index (χ2v) is 7.03. The summed E-state index contributed by atoms with van der Waals surface area (Å²) >= 11 is 1.34. The van der Waals surface area contributed by atoms with Crippen molar-refractivity contribution in [3.8, 4) is 0 Å². The van der Waals surface area contributed by atoms with E-state index in [0.29, 0.717) is 23.7 Å². The van der Waals surface area contributed by atoms with Gasteiger partial charge in [-0.2, -0.15) is 0 Å². The molecule has 2 heterocycles. The number of anilines is 1. The zero-order valence-corrected chi connectivity index (χ0v) is 15.4. The molecule has 6 heteroatoms. The molecule has 0 bridgehead atoms. The van der Waals surface area contributed by atoms with Crippen LogP contribution in [-0.4, -0.2) is 29.9 Å². The van der Waals surface area contributed by atoms with Crippen molar-refractivity contribution in [3.05, 3.63) is 58.1 Å². The third kappa shape index (κ3) is 3.50. The van der Waals surface area contributed by atoms with Crippen LogP contribution in [0.4, 0.5) is 5.69 Å². The first-order valence-electron chi connectivity index (χ1n) is 7.98. The van der Waals surface area contributed by atoms with Gasteiger partial charge in [0.1, 0.15) is 9.71 Å². The van der Waals surface area contributed by atoms with Crippen molar-refractivity contribution in [1.82, 2.24) is 9.88 Å². The highest BCUT2D eigenvalue weighted by atomic mass is 32.1. The SMILES string of the molecule is COCc1cc(C)nc2sc(C(=O)N(C)Cc3ccccc3)c(N)c12. The minimum absolute atomic E-state index is 0.0922. The smallest absolute Gasteiger partial charge is 0.266 e. The topological polar surface area (TPSA) is 68.5 Å². The van der Waals surface area contributed by atoms with Gasteiger partial charge < -0.3 is 15.4 Å². The molecule has 0 aliphatic carbocycles. The average Bonchev–Trinajstić information content (AvgIpc) is 2.92. The van der Waals surface area contributed by atoms with E-state index < -0.39 is 0 Å². The lowest BCUT2D eigenvalue weighted by Crippen LogP contribution is -2.26. The number of fused-ring (bicyclic) bond motifs is 1. The molecule has 3 aromatic rings. The van der Waals surface area contributed by atoms with Crippen LogP contribution in [0.3, 0.4) is 0 Å². The maximum Gasteiger partial charge on any atom is 0.266 e.